The number of hydrogen-bond donors (Lipinski definition) is 0. The maximum Gasteiger partial charge on any atom is 0.111 e. The molecule has 0 aliphatic rings. The molecule has 1 heterocycles. The summed E-state index contributed by atoms with van der Waals surface area (Å²) in [4.78, 5) is 4.01. The topological polar surface area (TPSA) is 12.9 Å². The molecular formula is C11H5FN. The van der Waals surface area contributed by atoms with Crippen LogP contribution in [0.1, 0.15) is 5.56 Å². The monoisotopic (exact) mass is 170 g/mol. The molecule has 1 aromatic heterocycles. The van der Waals surface area contributed by atoms with Gasteiger partial charge in [0.2, 0.25) is 0 Å². The SMILES string of the molecule is FC#Cc1ccc2cc[c]nc2c1. The molecule has 13 heavy (non-hydrogen) atoms. The first-order valence-electron chi connectivity index (χ1n) is 3.78. The third-order valence-electron chi connectivity index (χ3n) is 1.74. The van der Waals surface area contributed by atoms with Crippen molar-refractivity contribution < 1.29 is 4.39 Å². The predicted octanol–water partition coefficient (Wildman–Crippen LogP) is 2.31. The Morgan fingerprint density at radius 3 is 3.08 bits per heavy atom. The van der Waals surface area contributed by atoms with Gasteiger partial charge in [-0.15, -0.1) is 4.39 Å². The Labute approximate surface area is 75.2 Å². The Bertz CT molecular complexity index is 494. The van der Waals surface area contributed by atoms with Crippen LogP contribution in [-0.4, -0.2) is 4.98 Å². The minimum atomic E-state index is 0.627. The van der Waals surface area contributed by atoms with E-state index < -0.39 is 0 Å². The normalized spacial score (nSPS) is 9.31. The van der Waals surface area contributed by atoms with E-state index in [1.165, 1.54) is 6.17 Å². The fourth-order valence-electron chi connectivity index (χ4n) is 1.15. The molecule has 0 saturated heterocycles. The molecule has 1 nitrogen and oxygen atoms in total. The average Bonchev–Trinajstić information content (AvgIpc) is 2.18. The van der Waals surface area contributed by atoms with Crippen molar-refractivity contribution in [1.29, 1.82) is 0 Å². The predicted molar refractivity (Wildman–Crippen MR) is 48.6 cm³/mol. The van der Waals surface area contributed by atoms with Gasteiger partial charge in [0.1, 0.15) is 6.17 Å². The summed E-state index contributed by atoms with van der Waals surface area (Å²) in [7, 11) is 0. The van der Waals surface area contributed by atoms with Gasteiger partial charge in [-0.2, -0.15) is 0 Å². The van der Waals surface area contributed by atoms with E-state index in [-0.39, 0.29) is 0 Å². The summed E-state index contributed by atoms with van der Waals surface area (Å²) in [6.45, 7) is 0. The van der Waals surface area contributed by atoms with Crippen molar-refractivity contribution in [2.75, 3.05) is 0 Å². The number of hydrogen-bond acceptors (Lipinski definition) is 1. The molecule has 0 unspecified atom stereocenters. The van der Waals surface area contributed by atoms with E-state index in [4.69, 9.17) is 0 Å². The number of rotatable bonds is 0. The third kappa shape index (κ3) is 1.50. The summed E-state index contributed by atoms with van der Waals surface area (Å²) < 4.78 is 11.7. The summed E-state index contributed by atoms with van der Waals surface area (Å²) in [5.74, 6) is 2.33. The molecule has 0 spiro atoms. The van der Waals surface area contributed by atoms with Crippen LogP contribution in [-0.2, 0) is 0 Å². The number of nitrogens with zero attached hydrogens (tertiary/aromatic N) is 1. The lowest BCUT2D eigenvalue weighted by atomic mass is 10.1. The summed E-state index contributed by atoms with van der Waals surface area (Å²) in [5, 5.41) is 1.00. The van der Waals surface area contributed by atoms with E-state index >= 15 is 0 Å². The van der Waals surface area contributed by atoms with Crippen molar-refractivity contribution in [3.63, 3.8) is 0 Å². The molecule has 2 aromatic rings. The molecule has 1 radical (unpaired) electrons. The van der Waals surface area contributed by atoms with Gasteiger partial charge in [-0.3, -0.25) is 0 Å². The highest BCUT2D eigenvalue weighted by molar-refractivity contribution is 5.79. The molecular weight excluding hydrogens is 165 g/mol. The Kier molecular flexibility index (Phi) is 1.93. The highest BCUT2D eigenvalue weighted by Crippen LogP contribution is 2.11. The van der Waals surface area contributed by atoms with E-state index in [0.29, 0.717) is 5.56 Å². The zero-order valence-electron chi connectivity index (χ0n) is 6.71. The molecule has 0 amide bonds. The van der Waals surface area contributed by atoms with Gasteiger partial charge in [0.25, 0.3) is 0 Å². The van der Waals surface area contributed by atoms with Crippen molar-refractivity contribution in [1.82, 2.24) is 4.98 Å². The Hall–Kier alpha value is -1.88. The third-order valence-corrected chi connectivity index (χ3v) is 1.74. The van der Waals surface area contributed by atoms with Gasteiger partial charge in [0, 0.05) is 10.9 Å². The first-order valence-corrected chi connectivity index (χ1v) is 3.78. The summed E-state index contributed by atoms with van der Waals surface area (Å²) >= 11 is 0. The van der Waals surface area contributed by atoms with Crippen molar-refractivity contribution in [2.45, 2.75) is 0 Å². The number of pyridine rings is 1. The molecule has 0 N–H and O–H groups in total. The van der Waals surface area contributed by atoms with Crippen LogP contribution in [0.25, 0.3) is 10.9 Å². The number of benzene rings is 1. The maximum absolute atomic E-state index is 11.7. The summed E-state index contributed by atoms with van der Waals surface area (Å²) in [6.07, 6.45) is 4.07. The smallest absolute Gasteiger partial charge is 0.111 e. The standard InChI is InChI=1S/C11H5FN/c12-6-5-9-3-4-10-2-1-7-13-11(10)8-9/h1-4,8H. The fourth-order valence-corrected chi connectivity index (χ4v) is 1.15. The van der Waals surface area contributed by atoms with Gasteiger partial charge >= 0.3 is 0 Å². The van der Waals surface area contributed by atoms with Crippen LogP contribution in [0.15, 0.2) is 30.3 Å². The maximum atomic E-state index is 11.7. The second-order valence-electron chi connectivity index (χ2n) is 2.57. The van der Waals surface area contributed by atoms with Gasteiger partial charge in [-0.25, -0.2) is 4.98 Å². The highest BCUT2D eigenvalue weighted by atomic mass is 19.1. The van der Waals surface area contributed by atoms with Crippen LogP contribution in [0.4, 0.5) is 4.39 Å². The number of halogens is 1. The van der Waals surface area contributed by atoms with Crippen molar-refractivity contribution in [3.05, 3.63) is 42.1 Å². The lowest BCUT2D eigenvalue weighted by molar-refractivity contribution is 0.774. The van der Waals surface area contributed by atoms with E-state index in [9.17, 15) is 4.39 Å². The zero-order chi connectivity index (χ0) is 9.10. The largest absolute Gasteiger partial charge is 0.246 e. The minimum Gasteiger partial charge on any atom is -0.246 e. The van der Waals surface area contributed by atoms with Crippen molar-refractivity contribution >= 4 is 10.9 Å². The molecule has 0 saturated carbocycles. The quantitative estimate of drug-likeness (QED) is 0.553. The van der Waals surface area contributed by atoms with E-state index in [2.05, 4.69) is 17.1 Å². The van der Waals surface area contributed by atoms with E-state index in [1.54, 1.807) is 18.2 Å². The van der Waals surface area contributed by atoms with Crippen LogP contribution in [0.3, 0.4) is 0 Å². The van der Waals surface area contributed by atoms with E-state index in [1.807, 2.05) is 12.1 Å². The van der Waals surface area contributed by atoms with Crippen LogP contribution < -0.4 is 0 Å². The molecule has 1 aromatic carbocycles. The average molecular weight is 170 g/mol. The Morgan fingerprint density at radius 1 is 1.31 bits per heavy atom. The molecule has 0 fully saturated rings. The molecule has 0 aliphatic heterocycles. The van der Waals surface area contributed by atoms with E-state index in [0.717, 1.165) is 10.9 Å². The lowest BCUT2D eigenvalue weighted by Gasteiger charge is -1.95. The molecule has 2 heteroatoms. The lowest BCUT2D eigenvalue weighted by Crippen LogP contribution is -1.79. The second kappa shape index (κ2) is 3.24. The van der Waals surface area contributed by atoms with Gasteiger partial charge in [0.05, 0.1) is 11.7 Å². The number of fused-ring (bicyclic) bond motifs is 1. The first kappa shape index (κ1) is 7.75. The summed E-state index contributed by atoms with van der Waals surface area (Å²) in [6, 6.07) is 8.99. The second-order valence-corrected chi connectivity index (χ2v) is 2.57. The molecule has 2 rings (SSSR count). The summed E-state index contributed by atoms with van der Waals surface area (Å²) in [5.41, 5.74) is 1.41. The zero-order valence-corrected chi connectivity index (χ0v) is 6.71. The minimum absolute atomic E-state index is 0.627. The van der Waals surface area contributed by atoms with Crippen molar-refractivity contribution in [2.24, 2.45) is 0 Å². The van der Waals surface area contributed by atoms with Gasteiger partial charge in [-0.05, 0) is 24.1 Å². The van der Waals surface area contributed by atoms with Crippen molar-refractivity contribution in [3.8, 4) is 12.1 Å². The Morgan fingerprint density at radius 2 is 2.23 bits per heavy atom. The van der Waals surface area contributed by atoms with Crippen LogP contribution in [0, 0.1) is 18.3 Å². The molecule has 61 valence electrons. The van der Waals surface area contributed by atoms with Crippen LogP contribution in [0.2, 0.25) is 0 Å². The van der Waals surface area contributed by atoms with Crippen LogP contribution in [0.5, 0.6) is 0 Å². The van der Waals surface area contributed by atoms with Gasteiger partial charge in [-0.1, -0.05) is 12.1 Å². The van der Waals surface area contributed by atoms with Crippen LogP contribution >= 0.6 is 0 Å². The fraction of sp³-hybridized carbons (Fsp3) is 0. The van der Waals surface area contributed by atoms with Gasteiger partial charge < -0.3 is 0 Å². The molecule has 0 atom stereocenters. The first-order chi connectivity index (χ1) is 6.40. The Balaban J connectivity index is 2.66. The van der Waals surface area contributed by atoms with Gasteiger partial charge in [0.15, 0.2) is 0 Å². The molecule has 0 bridgehead atoms. The highest BCUT2D eigenvalue weighted by Gasteiger charge is 1.93. The molecule has 0 aliphatic carbocycles. The number of aromatic nitrogens is 1.